The molecule has 0 saturated carbocycles. The van der Waals surface area contributed by atoms with Gasteiger partial charge in [0, 0.05) is 50.8 Å². The molecular weight excluding hydrogens is 200 g/mol. The molecule has 0 amide bonds. The average molecular weight is 218 g/mol. The Hall–Kier alpha value is -1.55. The number of hydrogen-bond donors (Lipinski definition) is 1. The summed E-state index contributed by atoms with van der Waals surface area (Å²) in [6, 6.07) is 2.13. The van der Waals surface area contributed by atoms with Crippen LogP contribution in [0.4, 0.5) is 0 Å². The summed E-state index contributed by atoms with van der Waals surface area (Å²) in [5, 5.41) is 7.64. The van der Waals surface area contributed by atoms with Gasteiger partial charge in [0.15, 0.2) is 0 Å². The number of aryl methyl sites for hydroxylation is 2. The van der Waals surface area contributed by atoms with Crippen molar-refractivity contribution in [1.29, 1.82) is 0 Å². The van der Waals surface area contributed by atoms with Crippen molar-refractivity contribution in [3.63, 3.8) is 0 Å². The molecule has 0 aliphatic heterocycles. The molecule has 4 nitrogen and oxygen atoms in total. The van der Waals surface area contributed by atoms with Crippen LogP contribution in [0.25, 0.3) is 0 Å². The van der Waals surface area contributed by atoms with Gasteiger partial charge in [0.25, 0.3) is 0 Å². The van der Waals surface area contributed by atoms with Crippen LogP contribution in [0.15, 0.2) is 24.7 Å². The monoisotopic (exact) mass is 218 g/mol. The zero-order chi connectivity index (χ0) is 11.5. The molecule has 2 rings (SSSR count). The Morgan fingerprint density at radius 1 is 1.31 bits per heavy atom. The molecule has 0 aliphatic rings. The van der Waals surface area contributed by atoms with Crippen LogP contribution in [0, 0.1) is 6.92 Å². The SMILES string of the molecule is Cc1c(CNCc2ccn(C)c2)cnn1C. The van der Waals surface area contributed by atoms with E-state index in [4.69, 9.17) is 0 Å². The first-order valence-corrected chi connectivity index (χ1v) is 5.46. The lowest BCUT2D eigenvalue weighted by molar-refractivity contribution is 0.683. The zero-order valence-electron chi connectivity index (χ0n) is 10.1. The number of hydrogen-bond acceptors (Lipinski definition) is 2. The highest BCUT2D eigenvalue weighted by Gasteiger charge is 2.02. The molecule has 1 N–H and O–H groups in total. The minimum atomic E-state index is 0.870. The van der Waals surface area contributed by atoms with E-state index >= 15 is 0 Å². The molecule has 16 heavy (non-hydrogen) atoms. The molecule has 0 saturated heterocycles. The molecular formula is C12H18N4. The number of nitrogens with zero attached hydrogens (tertiary/aromatic N) is 3. The molecule has 2 heterocycles. The summed E-state index contributed by atoms with van der Waals surface area (Å²) < 4.78 is 3.96. The van der Waals surface area contributed by atoms with Gasteiger partial charge in [0.2, 0.25) is 0 Å². The second kappa shape index (κ2) is 4.53. The van der Waals surface area contributed by atoms with Crippen LogP contribution >= 0.6 is 0 Å². The third-order valence-electron chi connectivity index (χ3n) is 2.87. The standard InChI is InChI=1S/C12H18N4/c1-10-12(8-14-16(10)3)7-13-6-11-4-5-15(2)9-11/h4-5,8-9,13H,6-7H2,1-3H3. The lowest BCUT2D eigenvalue weighted by Crippen LogP contribution is -2.12. The van der Waals surface area contributed by atoms with Crippen LogP contribution in [0.3, 0.4) is 0 Å². The van der Waals surface area contributed by atoms with Crippen LogP contribution in [0.2, 0.25) is 0 Å². The highest BCUT2D eigenvalue weighted by Crippen LogP contribution is 2.05. The Morgan fingerprint density at radius 3 is 2.69 bits per heavy atom. The molecule has 0 aliphatic carbocycles. The van der Waals surface area contributed by atoms with Gasteiger partial charge in [-0.05, 0) is 18.6 Å². The van der Waals surface area contributed by atoms with E-state index in [1.54, 1.807) is 0 Å². The minimum absolute atomic E-state index is 0.870. The van der Waals surface area contributed by atoms with Crippen molar-refractivity contribution >= 4 is 0 Å². The molecule has 0 fully saturated rings. The van der Waals surface area contributed by atoms with E-state index in [0.717, 1.165) is 13.1 Å². The van der Waals surface area contributed by atoms with Crippen LogP contribution in [0.1, 0.15) is 16.8 Å². The fourth-order valence-electron chi connectivity index (χ4n) is 1.72. The van der Waals surface area contributed by atoms with Crippen molar-refractivity contribution in [1.82, 2.24) is 19.7 Å². The number of rotatable bonds is 4. The van der Waals surface area contributed by atoms with Gasteiger partial charge in [0.1, 0.15) is 0 Å². The molecule has 86 valence electrons. The van der Waals surface area contributed by atoms with E-state index in [9.17, 15) is 0 Å². The molecule has 0 bridgehead atoms. The Bertz CT molecular complexity index is 467. The summed E-state index contributed by atoms with van der Waals surface area (Å²) in [6.07, 6.45) is 6.11. The topological polar surface area (TPSA) is 34.8 Å². The predicted octanol–water partition coefficient (Wildman–Crippen LogP) is 1.36. The van der Waals surface area contributed by atoms with Crippen LogP contribution < -0.4 is 5.32 Å². The van der Waals surface area contributed by atoms with Crippen molar-refractivity contribution < 1.29 is 0 Å². The van der Waals surface area contributed by atoms with Crippen molar-refractivity contribution in [2.45, 2.75) is 20.0 Å². The first-order chi connectivity index (χ1) is 7.66. The van der Waals surface area contributed by atoms with Gasteiger partial charge in [-0.1, -0.05) is 0 Å². The molecule has 0 radical (unpaired) electrons. The maximum Gasteiger partial charge on any atom is 0.0537 e. The van der Waals surface area contributed by atoms with Gasteiger partial charge in [-0.15, -0.1) is 0 Å². The van der Waals surface area contributed by atoms with Gasteiger partial charge in [-0.3, -0.25) is 4.68 Å². The molecule has 4 heteroatoms. The quantitative estimate of drug-likeness (QED) is 0.841. The smallest absolute Gasteiger partial charge is 0.0537 e. The summed E-state index contributed by atoms with van der Waals surface area (Å²) in [5.41, 5.74) is 3.79. The van der Waals surface area contributed by atoms with E-state index in [0.29, 0.717) is 0 Å². The summed E-state index contributed by atoms with van der Waals surface area (Å²) >= 11 is 0. The normalized spacial score (nSPS) is 10.9. The maximum atomic E-state index is 4.22. The van der Waals surface area contributed by atoms with Gasteiger partial charge in [0.05, 0.1) is 6.20 Å². The van der Waals surface area contributed by atoms with E-state index in [2.05, 4.69) is 40.4 Å². The van der Waals surface area contributed by atoms with Crippen molar-refractivity contribution in [3.05, 3.63) is 41.5 Å². The van der Waals surface area contributed by atoms with Crippen molar-refractivity contribution in [2.24, 2.45) is 14.1 Å². The minimum Gasteiger partial charge on any atom is -0.357 e. The van der Waals surface area contributed by atoms with E-state index in [1.807, 2.05) is 25.0 Å². The molecule has 0 unspecified atom stereocenters. The Morgan fingerprint density at radius 2 is 2.12 bits per heavy atom. The molecule has 0 aromatic carbocycles. The number of aromatic nitrogens is 3. The lowest BCUT2D eigenvalue weighted by Gasteiger charge is -2.03. The van der Waals surface area contributed by atoms with E-state index in [-0.39, 0.29) is 0 Å². The summed E-state index contributed by atoms with van der Waals surface area (Å²) in [5.74, 6) is 0. The van der Waals surface area contributed by atoms with Crippen LogP contribution in [-0.2, 0) is 27.2 Å². The Labute approximate surface area is 95.9 Å². The van der Waals surface area contributed by atoms with Crippen LogP contribution in [0.5, 0.6) is 0 Å². The third kappa shape index (κ3) is 2.33. The maximum absolute atomic E-state index is 4.22. The van der Waals surface area contributed by atoms with Crippen LogP contribution in [-0.4, -0.2) is 14.3 Å². The third-order valence-corrected chi connectivity index (χ3v) is 2.87. The van der Waals surface area contributed by atoms with Crippen molar-refractivity contribution in [2.75, 3.05) is 0 Å². The predicted molar refractivity (Wildman–Crippen MR) is 63.9 cm³/mol. The zero-order valence-corrected chi connectivity index (χ0v) is 10.1. The summed E-state index contributed by atoms with van der Waals surface area (Å²) in [4.78, 5) is 0. The summed E-state index contributed by atoms with van der Waals surface area (Å²) in [6.45, 7) is 3.86. The average Bonchev–Trinajstić information content (AvgIpc) is 2.79. The number of nitrogens with one attached hydrogen (secondary N) is 1. The van der Waals surface area contributed by atoms with Gasteiger partial charge in [-0.2, -0.15) is 5.10 Å². The van der Waals surface area contributed by atoms with Gasteiger partial charge >= 0.3 is 0 Å². The van der Waals surface area contributed by atoms with E-state index in [1.165, 1.54) is 16.8 Å². The van der Waals surface area contributed by atoms with E-state index < -0.39 is 0 Å². The fourth-order valence-corrected chi connectivity index (χ4v) is 1.72. The fraction of sp³-hybridized carbons (Fsp3) is 0.417. The highest BCUT2D eigenvalue weighted by molar-refractivity contribution is 5.16. The summed E-state index contributed by atoms with van der Waals surface area (Å²) in [7, 11) is 4.00. The highest BCUT2D eigenvalue weighted by atomic mass is 15.3. The molecule has 2 aromatic heterocycles. The molecule has 0 atom stereocenters. The van der Waals surface area contributed by atoms with Gasteiger partial charge < -0.3 is 9.88 Å². The second-order valence-electron chi connectivity index (χ2n) is 4.17. The van der Waals surface area contributed by atoms with Crippen molar-refractivity contribution in [3.8, 4) is 0 Å². The second-order valence-corrected chi connectivity index (χ2v) is 4.17. The Kier molecular flexibility index (Phi) is 3.10. The molecule has 0 spiro atoms. The first kappa shape index (κ1) is 11.0. The molecule has 2 aromatic rings. The van der Waals surface area contributed by atoms with Gasteiger partial charge in [-0.25, -0.2) is 0 Å². The Balaban J connectivity index is 1.86. The largest absolute Gasteiger partial charge is 0.357 e. The lowest BCUT2D eigenvalue weighted by atomic mass is 10.2. The first-order valence-electron chi connectivity index (χ1n) is 5.46.